The second kappa shape index (κ2) is 13.4. The summed E-state index contributed by atoms with van der Waals surface area (Å²) in [5.41, 5.74) is 9.48. The molecule has 0 aliphatic rings. The third-order valence-electron chi connectivity index (χ3n) is 6.88. The Hall–Kier alpha value is -3.27. The van der Waals surface area contributed by atoms with Gasteiger partial charge in [0, 0.05) is 29.6 Å². The van der Waals surface area contributed by atoms with Gasteiger partial charge in [-0.25, -0.2) is 0 Å². The molecule has 4 rings (SSSR count). The molecule has 1 N–H and O–H groups in total. The molecule has 0 amide bonds. The quantitative estimate of drug-likeness (QED) is 0.222. The predicted octanol–water partition coefficient (Wildman–Crippen LogP) is 11.5. The molecule has 3 nitrogen and oxygen atoms in total. The van der Waals surface area contributed by atoms with Crippen LogP contribution in [0.5, 0.6) is 11.5 Å². The van der Waals surface area contributed by atoms with Crippen LogP contribution in [0.15, 0.2) is 84.9 Å². The lowest BCUT2D eigenvalue weighted by Crippen LogP contribution is -2.13. The molecule has 4 aromatic rings. The van der Waals surface area contributed by atoms with Gasteiger partial charge >= 0.3 is 0 Å². The first-order valence-electron chi connectivity index (χ1n) is 21.6. The highest BCUT2D eigenvalue weighted by Crippen LogP contribution is 2.36. The Morgan fingerprint density at radius 2 is 1.07 bits per heavy atom. The van der Waals surface area contributed by atoms with E-state index in [1.54, 1.807) is 14.2 Å². The summed E-state index contributed by atoms with van der Waals surface area (Å²) in [7, 11) is 3.37. The molecule has 0 fully saturated rings. The highest BCUT2D eigenvalue weighted by molar-refractivity contribution is 6.17. The number of ether oxygens (including phenoxy) is 2. The van der Waals surface area contributed by atoms with Crippen molar-refractivity contribution in [2.24, 2.45) is 0 Å². The van der Waals surface area contributed by atoms with Gasteiger partial charge in [-0.2, -0.15) is 0 Å². The first-order valence-corrected chi connectivity index (χ1v) is 14.2. The number of halogens is 1. The molecule has 0 bridgehead atoms. The van der Waals surface area contributed by atoms with E-state index >= 15 is 0 Å². The Labute approximate surface area is 270 Å². The molecular weight excluding hydrogens is 516 g/mol. The first kappa shape index (κ1) is 21.5. The zero-order valence-electron chi connectivity index (χ0n) is 41.1. The predicted molar refractivity (Wildman–Crippen MR) is 187 cm³/mol. The molecule has 0 saturated carbocycles. The molecule has 0 spiro atoms. The van der Waals surface area contributed by atoms with Crippen molar-refractivity contribution in [3.63, 3.8) is 0 Å². The molecule has 0 heterocycles. The maximum Gasteiger partial charge on any atom is 0.119 e. The van der Waals surface area contributed by atoms with Gasteiger partial charge in [-0.1, -0.05) is 102 Å². The van der Waals surface area contributed by atoms with E-state index < -0.39 is 0 Å². The molecule has 0 saturated heterocycles. The Morgan fingerprint density at radius 3 is 1.45 bits per heavy atom. The van der Waals surface area contributed by atoms with E-state index in [0.717, 1.165) is 28.2 Å². The Balaban J connectivity index is -0.000000164. The van der Waals surface area contributed by atoms with Gasteiger partial charge in [-0.05, 0) is 79.6 Å². The van der Waals surface area contributed by atoms with Crippen LogP contribution in [0.3, 0.4) is 0 Å². The van der Waals surface area contributed by atoms with Gasteiger partial charge in [0.25, 0.3) is 0 Å². The average Bonchev–Trinajstić information content (AvgIpc) is 3.28. The summed E-state index contributed by atoms with van der Waals surface area (Å²) in [5.74, 6) is 2.28. The highest BCUT2D eigenvalue weighted by Gasteiger charge is 2.20. The van der Waals surface area contributed by atoms with E-state index in [1.807, 2.05) is 36.4 Å². The largest absolute Gasteiger partial charge is 0.497 e. The summed E-state index contributed by atoms with van der Waals surface area (Å²) in [6.45, 7) is 13.3. The van der Waals surface area contributed by atoms with Gasteiger partial charge in [0.05, 0.1) is 20.8 Å². The van der Waals surface area contributed by atoms with E-state index in [9.17, 15) is 5.11 Å². The number of benzene rings is 4. The van der Waals surface area contributed by atoms with Gasteiger partial charge < -0.3 is 14.6 Å². The van der Waals surface area contributed by atoms with E-state index in [4.69, 9.17) is 44.8 Å². The van der Waals surface area contributed by atoms with Gasteiger partial charge in [0.1, 0.15) is 11.5 Å². The molecule has 0 radical (unpaired) electrons. The summed E-state index contributed by atoms with van der Waals surface area (Å²) in [6, 6.07) is 28.9. The van der Waals surface area contributed by atoms with Crippen LogP contribution in [0, 0.1) is 0 Å². The zero-order valence-corrected chi connectivity index (χ0v) is 25.9. The van der Waals surface area contributed by atoms with Crippen LogP contribution in [0.1, 0.15) is 87.6 Å². The van der Waals surface area contributed by atoms with Crippen molar-refractivity contribution in [1.82, 2.24) is 0 Å². The number of methoxy groups -OCH3 is 2. The number of hydrogen-bond donors (Lipinski definition) is 1. The van der Waals surface area contributed by atoms with Crippen LogP contribution >= 0.6 is 11.6 Å². The molecule has 0 aliphatic carbocycles. The lowest BCUT2D eigenvalue weighted by Gasteiger charge is -2.24. The van der Waals surface area contributed by atoms with Crippen LogP contribution in [0.25, 0.3) is 22.3 Å². The second-order valence-electron chi connectivity index (χ2n) is 12.0. The zero-order chi connectivity index (χ0) is 45.5. The number of alkyl halides is 1. The minimum absolute atomic E-state index is 0.0175. The maximum atomic E-state index is 9.35. The molecule has 4 heteroatoms. The smallest absolute Gasteiger partial charge is 0.119 e. The summed E-state index contributed by atoms with van der Waals surface area (Å²) >= 11 is 5.98. The first-order chi connectivity index (χ1) is 26.9. The van der Waals surface area contributed by atoms with E-state index in [0.29, 0.717) is 5.88 Å². The van der Waals surface area contributed by atoms with Crippen molar-refractivity contribution < 1.29 is 38.3 Å². The third kappa shape index (κ3) is 7.90. The molecule has 0 unspecified atom stereocenters. The fourth-order valence-electron chi connectivity index (χ4n) is 4.69. The minimum Gasteiger partial charge on any atom is -0.497 e. The Bertz CT molecular complexity index is 1350. The number of hydrogen-bond acceptors (Lipinski definition) is 3. The van der Waals surface area contributed by atoms with Crippen molar-refractivity contribution in [2.75, 3.05) is 14.2 Å². The van der Waals surface area contributed by atoms with Crippen molar-refractivity contribution in [1.29, 1.82) is 0 Å². The normalized spacial score (nSPS) is 13.1. The summed E-state index contributed by atoms with van der Waals surface area (Å²) in [4.78, 5) is 0. The Morgan fingerprint density at radius 1 is 0.650 bits per heavy atom. The van der Waals surface area contributed by atoms with Crippen molar-refractivity contribution >= 4 is 11.6 Å². The van der Waals surface area contributed by atoms with Gasteiger partial charge in [0.2, 0.25) is 0 Å². The van der Waals surface area contributed by atoms with Crippen LogP contribution in [-0.4, -0.2) is 19.3 Å². The average molecular weight is 607 g/mol. The summed E-state index contributed by atoms with van der Waals surface area (Å²) in [6.07, 6.45) is 0. The van der Waals surface area contributed by atoms with Gasteiger partial charge in [-0.3, -0.25) is 0 Å². The number of rotatable bonds is 6. The SMILES string of the molecule is COc1cccc(-c2ccc(CCl)cc2C(C)(C)C)c1.COc1cccc(-c2ccc(CO)cc2C(C)(C)C)c1.[3H][3H].[3H][3H].[3H][3H].[3H][3H].[3H][3H].[3H][3H].[3H][3H].[3H][3H]. The number of aliphatic hydroxyl groups is 1. The molecule has 4 aromatic carbocycles. The van der Waals surface area contributed by atoms with Crippen LogP contribution < -0.4 is 9.47 Å². The van der Waals surface area contributed by atoms with Crippen molar-refractivity contribution in [3.05, 3.63) is 107 Å². The Kier molecular flexibility index (Phi) is 7.19. The lowest BCUT2D eigenvalue weighted by atomic mass is 9.81. The van der Waals surface area contributed by atoms with Crippen LogP contribution in [0.2, 0.25) is 0 Å². The van der Waals surface area contributed by atoms with Gasteiger partial charge in [0.15, 0.2) is 0 Å². The third-order valence-corrected chi connectivity index (χ3v) is 7.19. The van der Waals surface area contributed by atoms with Gasteiger partial charge in [-0.15, -0.1) is 11.6 Å². The van der Waals surface area contributed by atoms with E-state index in [1.165, 1.54) is 27.8 Å². The second-order valence-corrected chi connectivity index (χ2v) is 12.3. The molecule has 0 aliphatic heterocycles. The van der Waals surface area contributed by atoms with Crippen molar-refractivity contribution in [3.8, 4) is 33.8 Å². The molecule has 0 atom stereocenters. The summed E-state index contributed by atoms with van der Waals surface area (Å²) in [5, 5.41) is 9.35. The molecule has 228 valence electrons. The molecule has 40 heavy (non-hydrogen) atoms. The maximum absolute atomic E-state index is 9.35. The topological polar surface area (TPSA) is 38.7 Å². The standard InChI is InChI=1S/C18H21ClO.C18H22O2.8H2/c2*1-18(2,3)17-10-13(12-19)8-9-16(17)14-6-5-7-15(11-14)20-4;;;;;;;;/h5-11H,12H2,1-4H3;5-11,19H,12H2,1-4H3;8*1H/i;;8*1+2T. The fourth-order valence-corrected chi connectivity index (χ4v) is 4.86. The minimum atomic E-state index is 0.0175. The monoisotopic (exact) mass is 607 g/mol. The summed E-state index contributed by atoms with van der Waals surface area (Å²) < 4.78 is 90.6. The van der Waals surface area contributed by atoms with Crippen molar-refractivity contribution in [2.45, 2.75) is 64.9 Å². The molecular formula is C36H59ClO3. The van der Waals surface area contributed by atoms with E-state index in [-0.39, 0.29) is 17.4 Å². The fraction of sp³-hybridized carbons (Fsp3) is 0.333. The lowest BCUT2D eigenvalue weighted by molar-refractivity contribution is 0.281. The van der Waals surface area contributed by atoms with Crippen LogP contribution in [0.4, 0.5) is 0 Å². The van der Waals surface area contributed by atoms with Crippen LogP contribution in [-0.2, 0) is 23.3 Å². The molecule has 0 aromatic heterocycles. The highest BCUT2D eigenvalue weighted by atomic mass is 35.5. The van der Waals surface area contributed by atoms with E-state index in [2.05, 4.69) is 90.1 Å². The number of aliphatic hydroxyl groups excluding tert-OH is 1.